The Morgan fingerprint density at radius 3 is 1.11 bits per heavy atom. The Labute approximate surface area is 161 Å². The lowest BCUT2D eigenvalue weighted by molar-refractivity contribution is -0.141. The molecular formula is C14H32N4O10. The molecule has 168 valence electrons. The topological polar surface area (TPSA) is 294 Å². The van der Waals surface area contributed by atoms with Crippen molar-refractivity contribution in [1.29, 1.82) is 0 Å². The lowest BCUT2D eigenvalue weighted by Crippen LogP contribution is -2.39. The van der Waals surface area contributed by atoms with E-state index < -0.39 is 54.7 Å². The molecule has 0 heterocycles. The van der Waals surface area contributed by atoms with Crippen LogP contribution in [-0.4, -0.2) is 91.9 Å². The number of nitrogens with two attached hydrogens (primary N) is 4. The molecule has 0 fully saturated rings. The summed E-state index contributed by atoms with van der Waals surface area (Å²) in [5.41, 5.74) is 19.4. The van der Waals surface area contributed by atoms with E-state index in [9.17, 15) is 19.2 Å². The zero-order valence-corrected chi connectivity index (χ0v) is 15.9. The van der Waals surface area contributed by atoms with Crippen LogP contribution in [0, 0.1) is 5.92 Å². The van der Waals surface area contributed by atoms with Crippen molar-refractivity contribution in [2.24, 2.45) is 28.9 Å². The molecule has 0 bridgehead atoms. The highest BCUT2D eigenvalue weighted by Crippen LogP contribution is 1.96. The molecule has 0 aromatic carbocycles. The Morgan fingerprint density at radius 2 is 1.11 bits per heavy atom. The Balaban J connectivity index is -0.000000139. The van der Waals surface area contributed by atoms with Gasteiger partial charge < -0.3 is 53.6 Å². The monoisotopic (exact) mass is 416 g/mol. The van der Waals surface area contributed by atoms with Crippen LogP contribution in [0.15, 0.2) is 0 Å². The normalized spacial score (nSPS) is 13.6. The first-order valence-electron chi connectivity index (χ1n) is 7.72. The van der Waals surface area contributed by atoms with Crippen LogP contribution >= 0.6 is 0 Å². The molecular weight excluding hydrogens is 384 g/mol. The molecule has 4 atom stereocenters. The molecule has 0 aliphatic carbocycles. The van der Waals surface area contributed by atoms with E-state index in [0.717, 1.165) is 0 Å². The van der Waals surface area contributed by atoms with Gasteiger partial charge in [-0.3, -0.25) is 19.2 Å². The second-order valence-electron chi connectivity index (χ2n) is 5.44. The second kappa shape index (κ2) is 19.4. The van der Waals surface area contributed by atoms with Crippen molar-refractivity contribution < 1.29 is 49.8 Å². The lowest BCUT2D eigenvalue weighted by atomic mass is 10.1. The van der Waals surface area contributed by atoms with Gasteiger partial charge in [0.1, 0.15) is 18.1 Å². The molecule has 0 aromatic heterocycles. The van der Waals surface area contributed by atoms with Gasteiger partial charge in [-0.05, 0) is 12.8 Å². The van der Waals surface area contributed by atoms with E-state index in [-0.39, 0.29) is 12.5 Å². The molecule has 0 spiro atoms. The van der Waals surface area contributed by atoms with Crippen LogP contribution in [0.4, 0.5) is 0 Å². The van der Waals surface area contributed by atoms with Gasteiger partial charge in [0, 0.05) is 0 Å². The number of aliphatic hydroxyl groups is 2. The number of hydrogen-bond acceptors (Lipinski definition) is 10. The highest BCUT2D eigenvalue weighted by atomic mass is 16.4. The van der Waals surface area contributed by atoms with Crippen LogP contribution in [-0.2, 0) is 19.2 Å². The van der Waals surface area contributed by atoms with Crippen molar-refractivity contribution in [3.63, 3.8) is 0 Å². The smallest absolute Gasteiger partial charge is 0.323 e. The molecule has 14 heteroatoms. The summed E-state index contributed by atoms with van der Waals surface area (Å²) >= 11 is 0. The largest absolute Gasteiger partial charge is 0.480 e. The maximum atomic E-state index is 10.0. The van der Waals surface area contributed by atoms with E-state index in [0.29, 0.717) is 0 Å². The highest BCUT2D eigenvalue weighted by molar-refractivity contribution is 5.74. The van der Waals surface area contributed by atoms with Gasteiger partial charge >= 0.3 is 23.9 Å². The standard InChI is InChI=1S/C5H11NO2.C4H9NO3.C3H7NO3.C2H5NO2/c1-3(2)4(6)5(7)8;1-2(6)3(5)4(7)8;4-2(1-5)3(6)7;3-1-2(4)5/h3-4H,6H2,1-2H3,(H,7,8);2-3,6H,5H2,1H3,(H,7,8);2,5H,1,4H2,(H,6,7);1,3H2,(H,4,5). The Kier molecular flexibility index (Phi) is 23.0. The molecule has 0 aliphatic heterocycles. The molecule has 0 rings (SSSR count). The molecule has 0 radical (unpaired) electrons. The van der Waals surface area contributed by atoms with Crippen LogP contribution < -0.4 is 22.9 Å². The van der Waals surface area contributed by atoms with E-state index in [2.05, 4.69) is 5.73 Å². The summed E-state index contributed by atoms with van der Waals surface area (Å²) in [6, 6.07) is -3.00. The molecule has 14 N–H and O–H groups in total. The van der Waals surface area contributed by atoms with Gasteiger partial charge in [0.05, 0.1) is 19.3 Å². The van der Waals surface area contributed by atoms with E-state index >= 15 is 0 Å². The number of carbonyl (C=O) groups is 4. The van der Waals surface area contributed by atoms with Crippen LogP contribution in [0.1, 0.15) is 20.8 Å². The zero-order valence-electron chi connectivity index (χ0n) is 15.9. The Morgan fingerprint density at radius 1 is 0.786 bits per heavy atom. The summed E-state index contributed by atoms with van der Waals surface area (Å²) in [4.78, 5) is 38.8. The fourth-order valence-electron chi connectivity index (χ4n) is 0.570. The van der Waals surface area contributed by atoms with E-state index in [1.165, 1.54) is 6.92 Å². The average Bonchev–Trinajstić information content (AvgIpc) is 2.60. The number of carboxylic acid groups (broad SMARTS) is 4. The molecule has 4 unspecified atom stereocenters. The first kappa shape index (κ1) is 33.2. The van der Waals surface area contributed by atoms with E-state index in [1.807, 2.05) is 0 Å². The Hall–Kier alpha value is -2.36. The summed E-state index contributed by atoms with van der Waals surface area (Å²) in [6.45, 7) is 4.10. The van der Waals surface area contributed by atoms with Crippen molar-refractivity contribution in [1.82, 2.24) is 0 Å². The summed E-state index contributed by atoms with van der Waals surface area (Å²) < 4.78 is 0. The van der Waals surface area contributed by atoms with Gasteiger partial charge in [0.15, 0.2) is 0 Å². The fourth-order valence-corrected chi connectivity index (χ4v) is 0.570. The fraction of sp³-hybridized carbons (Fsp3) is 0.714. The molecule has 0 aliphatic rings. The summed E-state index contributed by atoms with van der Waals surface area (Å²) in [6.07, 6.45) is -0.979. The number of hydrogen-bond donors (Lipinski definition) is 10. The van der Waals surface area contributed by atoms with Crippen molar-refractivity contribution in [3.8, 4) is 0 Å². The molecule has 28 heavy (non-hydrogen) atoms. The summed E-state index contributed by atoms with van der Waals surface area (Å²) in [5, 5.41) is 48.3. The molecule has 0 amide bonds. The number of carboxylic acids is 4. The number of aliphatic carboxylic acids is 4. The molecule has 0 saturated heterocycles. The average molecular weight is 416 g/mol. The first-order chi connectivity index (χ1) is 12.6. The molecule has 0 saturated carbocycles. The van der Waals surface area contributed by atoms with Crippen LogP contribution in [0.2, 0.25) is 0 Å². The first-order valence-corrected chi connectivity index (χ1v) is 7.72. The van der Waals surface area contributed by atoms with Crippen molar-refractivity contribution in [3.05, 3.63) is 0 Å². The Bertz CT molecular complexity index is 435. The lowest BCUT2D eigenvalue weighted by Gasteiger charge is -2.07. The predicted octanol–water partition coefficient (Wildman–Crippen LogP) is -3.75. The third kappa shape index (κ3) is 25.9. The third-order valence-electron chi connectivity index (χ3n) is 2.50. The van der Waals surface area contributed by atoms with Crippen LogP contribution in [0.25, 0.3) is 0 Å². The van der Waals surface area contributed by atoms with Gasteiger partial charge in [0.2, 0.25) is 0 Å². The minimum Gasteiger partial charge on any atom is -0.480 e. The van der Waals surface area contributed by atoms with Gasteiger partial charge in [-0.1, -0.05) is 13.8 Å². The maximum absolute atomic E-state index is 10.0. The van der Waals surface area contributed by atoms with Crippen LogP contribution in [0.3, 0.4) is 0 Å². The SMILES string of the molecule is CC(C)C(N)C(=O)O.CC(O)C(N)C(=O)O.NC(CO)C(=O)O.NCC(=O)O. The van der Waals surface area contributed by atoms with E-state index in [1.54, 1.807) is 13.8 Å². The summed E-state index contributed by atoms with van der Waals surface area (Å²) in [7, 11) is 0. The van der Waals surface area contributed by atoms with Gasteiger partial charge in [-0.15, -0.1) is 0 Å². The van der Waals surface area contributed by atoms with Crippen molar-refractivity contribution >= 4 is 23.9 Å². The minimum absolute atomic E-state index is 0.0208. The quantitative estimate of drug-likeness (QED) is 0.191. The molecule has 0 aromatic rings. The number of rotatable bonds is 7. The number of aliphatic hydroxyl groups excluding tert-OH is 2. The second-order valence-corrected chi connectivity index (χ2v) is 5.44. The van der Waals surface area contributed by atoms with Gasteiger partial charge in [-0.25, -0.2) is 0 Å². The van der Waals surface area contributed by atoms with Crippen molar-refractivity contribution in [2.75, 3.05) is 13.2 Å². The zero-order chi connectivity index (χ0) is 23.6. The molecule has 14 nitrogen and oxygen atoms in total. The third-order valence-corrected chi connectivity index (χ3v) is 2.50. The van der Waals surface area contributed by atoms with Gasteiger partial charge in [-0.2, -0.15) is 0 Å². The van der Waals surface area contributed by atoms with Crippen LogP contribution in [0.5, 0.6) is 0 Å². The van der Waals surface area contributed by atoms with Gasteiger partial charge in [0.25, 0.3) is 0 Å². The maximum Gasteiger partial charge on any atom is 0.323 e. The summed E-state index contributed by atoms with van der Waals surface area (Å²) in [5.74, 6) is -4.24. The highest BCUT2D eigenvalue weighted by Gasteiger charge is 2.16. The van der Waals surface area contributed by atoms with Crippen molar-refractivity contribution in [2.45, 2.75) is 45.0 Å². The predicted molar refractivity (Wildman–Crippen MR) is 97.1 cm³/mol. The van der Waals surface area contributed by atoms with E-state index in [4.69, 9.17) is 47.8 Å². The minimum atomic E-state index is -1.18.